The van der Waals surface area contributed by atoms with E-state index in [9.17, 15) is 0 Å². The molecule has 2 aromatic rings. The standard InChI is InChI=1S/C19H28N4O/c1-4-14-23-17(3)19(16(2)22-23)21-13-12-20-11-8-15-24-18-9-6-5-7-10-18/h4-7,9-10,20-21H,1,8,11-15H2,2-3H3. The molecule has 0 spiro atoms. The first-order valence-electron chi connectivity index (χ1n) is 8.49. The molecule has 0 bridgehead atoms. The molecule has 0 aliphatic heterocycles. The first-order chi connectivity index (χ1) is 11.7. The maximum Gasteiger partial charge on any atom is 0.119 e. The SMILES string of the molecule is C=CCn1nc(C)c(NCCNCCCOc2ccccc2)c1C. The van der Waals surface area contributed by atoms with E-state index >= 15 is 0 Å². The monoisotopic (exact) mass is 328 g/mol. The number of allylic oxidation sites excluding steroid dienone is 1. The van der Waals surface area contributed by atoms with Gasteiger partial charge in [-0.3, -0.25) is 4.68 Å². The van der Waals surface area contributed by atoms with Crippen LogP contribution in [0.25, 0.3) is 0 Å². The predicted octanol–water partition coefficient (Wildman–Crippen LogP) is 3.16. The van der Waals surface area contributed by atoms with E-state index in [-0.39, 0.29) is 0 Å². The van der Waals surface area contributed by atoms with Crippen LogP contribution < -0.4 is 15.4 Å². The lowest BCUT2D eigenvalue weighted by Gasteiger charge is -2.09. The van der Waals surface area contributed by atoms with Crippen molar-refractivity contribution in [3.8, 4) is 5.75 Å². The van der Waals surface area contributed by atoms with Crippen LogP contribution in [0.15, 0.2) is 43.0 Å². The zero-order valence-corrected chi connectivity index (χ0v) is 14.7. The summed E-state index contributed by atoms with van der Waals surface area (Å²) >= 11 is 0. The number of ether oxygens (including phenoxy) is 1. The number of aryl methyl sites for hydroxylation is 1. The Hall–Kier alpha value is -2.27. The first kappa shape index (κ1) is 18.1. The minimum atomic E-state index is 0.733. The summed E-state index contributed by atoms with van der Waals surface area (Å²) in [5, 5.41) is 11.4. The minimum Gasteiger partial charge on any atom is -0.494 e. The Morgan fingerprint density at radius 2 is 1.96 bits per heavy atom. The van der Waals surface area contributed by atoms with Crippen molar-refractivity contribution < 1.29 is 4.74 Å². The van der Waals surface area contributed by atoms with E-state index in [1.54, 1.807) is 0 Å². The molecule has 0 fully saturated rings. The fourth-order valence-corrected chi connectivity index (χ4v) is 2.56. The van der Waals surface area contributed by atoms with Crippen LogP contribution in [-0.4, -0.2) is 36.0 Å². The van der Waals surface area contributed by atoms with Gasteiger partial charge in [-0.1, -0.05) is 24.3 Å². The van der Waals surface area contributed by atoms with Crippen LogP contribution in [0, 0.1) is 13.8 Å². The highest BCUT2D eigenvalue weighted by Gasteiger charge is 2.09. The zero-order valence-electron chi connectivity index (χ0n) is 14.7. The van der Waals surface area contributed by atoms with Crippen molar-refractivity contribution in [3.63, 3.8) is 0 Å². The van der Waals surface area contributed by atoms with Crippen LogP contribution in [0.3, 0.4) is 0 Å². The highest BCUT2D eigenvalue weighted by atomic mass is 16.5. The zero-order chi connectivity index (χ0) is 17.2. The molecule has 2 N–H and O–H groups in total. The van der Waals surface area contributed by atoms with Gasteiger partial charge in [-0.2, -0.15) is 5.10 Å². The van der Waals surface area contributed by atoms with Crippen molar-refractivity contribution in [1.29, 1.82) is 0 Å². The van der Waals surface area contributed by atoms with Crippen molar-refractivity contribution in [2.24, 2.45) is 0 Å². The second-order valence-corrected chi connectivity index (χ2v) is 5.71. The van der Waals surface area contributed by atoms with E-state index in [0.29, 0.717) is 0 Å². The average Bonchev–Trinajstić information content (AvgIpc) is 2.85. The summed E-state index contributed by atoms with van der Waals surface area (Å²) in [5.41, 5.74) is 3.32. The van der Waals surface area contributed by atoms with E-state index in [0.717, 1.165) is 62.0 Å². The lowest BCUT2D eigenvalue weighted by molar-refractivity contribution is 0.308. The molecule has 5 heteroatoms. The number of para-hydroxylation sites is 1. The average molecular weight is 328 g/mol. The molecule has 1 aromatic heterocycles. The van der Waals surface area contributed by atoms with Gasteiger partial charge in [0.15, 0.2) is 0 Å². The van der Waals surface area contributed by atoms with Crippen LogP contribution in [0.1, 0.15) is 17.8 Å². The second kappa shape index (κ2) is 9.78. The number of nitrogens with zero attached hydrogens (tertiary/aromatic N) is 2. The molecule has 0 radical (unpaired) electrons. The van der Waals surface area contributed by atoms with Crippen molar-refractivity contribution in [3.05, 3.63) is 54.4 Å². The summed E-state index contributed by atoms with van der Waals surface area (Å²) in [4.78, 5) is 0. The molecule has 0 unspecified atom stereocenters. The molecule has 1 aromatic carbocycles. The van der Waals surface area contributed by atoms with Gasteiger partial charge in [-0.05, 0) is 38.9 Å². The van der Waals surface area contributed by atoms with Crippen molar-refractivity contribution >= 4 is 5.69 Å². The molecule has 0 amide bonds. The molecule has 2 rings (SSSR count). The van der Waals surface area contributed by atoms with Crippen LogP contribution in [0.5, 0.6) is 5.75 Å². The van der Waals surface area contributed by atoms with Gasteiger partial charge in [-0.25, -0.2) is 0 Å². The second-order valence-electron chi connectivity index (χ2n) is 5.71. The van der Waals surface area contributed by atoms with Crippen LogP contribution in [-0.2, 0) is 6.54 Å². The third kappa shape index (κ3) is 5.42. The number of hydrogen-bond donors (Lipinski definition) is 2. The van der Waals surface area contributed by atoms with Crippen LogP contribution in [0.4, 0.5) is 5.69 Å². The van der Waals surface area contributed by atoms with Gasteiger partial charge in [-0.15, -0.1) is 6.58 Å². The quantitative estimate of drug-likeness (QED) is 0.491. The lowest BCUT2D eigenvalue weighted by atomic mass is 10.3. The molecular formula is C19H28N4O. The first-order valence-corrected chi connectivity index (χ1v) is 8.49. The molecule has 1 heterocycles. The molecule has 0 saturated carbocycles. The highest BCUT2D eigenvalue weighted by molar-refractivity contribution is 5.52. The van der Waals surface area contributed by atoms with Gasteiger partial charge in [0.25, 0.3) is 0 Å². The van der Waals surface area contributed by atoms with Crippen molar-refractivity contribution in [2.75, 3.05) is 31.6 Å². The highest BCUT2D eigenvalue weighted by Crippen LogP contribution is 2.18. The Kier molecular flexibility index (Phi) is 7.36. The number of nitrogens with one attached hydrogen (secondary N) is 2. The molecule has 130 valence electrons. The summed E-state index contributed by atoms with van der Waals surface area (Å²) in [6.07, 6.45) is 2.85. The largest absolute Gasteiger partial charge is 0.494 e. The number of aromatic nitrogens is 2. The topological polar surface area (TPSA) is 51.1 Å². The minimum absolute atomic E-state index is 0.733. The van der Waals surface area contributed by atoms with E-state index in [1.165, 1.54) is 0 Å². The van der Waals surface area contributed by atoms with Gasteiger partial charge in [0.1, 0.15) is 5.75 Å². The third-order valence-corrected chi connectivity index (χ3v) is 3.80. The fourth-order valence-electron chi connectivity index (χ4n) is 2.56. The van der Waals surface area contributed by atoms with Gasteiger partial charge >= 0.3 is 0 Å². The summed E-state index contributed by atoms with van der Waals surface area (Å²) in [6, 6.07) is 9.93. The Labute approximate surface area is 144 Å². The molecule has 0 saturated heterocycles. The lowest BCUT2D eigenvalue weighted by Crippen LogP contribution is -2.24. The van der Waals surface area contributed by atoms with E-state index in [2.05, 4.69) is 29.2 Å². The van der Waals surface area contributed by atoms with Crippen LogP contribution >= 0.6 is 0 Å². The number of benzene rings is 1. The Morgan fingerprint density at radius 1 is 1.17 bits per heavy atom. The van der Waals surface area contributed by atoms with E-state index < -0.39 is 0 Å². The number of hydrogen-bond acceptors (Lipinski definition) is 4. The fraction of sp³-hybridized carbons (Fsp3) is 0.421. The van der Waals surface area contributed by atoms with Crippen molar-refractivity contribution in [1.82, 2.24) is 15.1 Å². The smallest absolute Gasteiger partial charge is 0.119 e. The van der Waals surface area contributed by atoms with Crippen molar-refractivity contribution in [2.45, 2.75) is 26.8 Å². The third-order valence-electron chi connectivity index (χ3n) is 3.80. The Bertz CT molecular complexity index is 622. The van der Waals surface area contributed by atoms with Gasteiger partial charge in [0.2, 0.25) is 0 Å². The summed E-state index contributed by atoms with van der Waals surface area (Å²) < 4.78 is 7.64. The summed E-state index contributed by atoms with van der Waals surface area (Å²) in [7, 11) is 0. The van der Waals surface area contributed by atoms with Crippen LogP contribution in [0.2, 0.25) is 0 Å². The molecule has 24 heavy (non-hydrogen) atoms. The van der Waals surface area contributed by atoms with E-state index in [4.69, 9.17) is 4.74 Å². The molecule has 5 nitrogen and oxygen atoms in total. The molecule has 0 aliphatic rings. The maximum absolute atomic E-state index is 5.66. The number of anilines is 1. The van der Waals surface area contributed by atoms with Gasteiger partial charge in [0.05, 0.1) is 30.2 Å². The summed E-state index contributed by atoms with van der Waals surface area (Å²) in [5.74, 6) is 0.932. The predicted molar refractivity (Wildman–Crippen MR) is 99.8 cm³/mol. The van der Waals surface area contributed by atoms with Gasteiger partial charge < -0.3 is 15.4 Å². The molecule has 0 aliphatic carbocycles. The maximum atomic E-state index is 5.66. The number of rotatable bonds is 11. The van der Waals surface area contributed by atoms with E-state index in [1.807, 2.05) is 48.0 Å². The normalized spacial score (nSPS) is 10.6. The molecule has 0 atom stereocenters. The molecular weight excluding hydrogens is 300 g/mol. The summed E-state index contributed by atoms with van der Waals surface area (Å²) in [6.45, 7) is 12.1. The Balaban J connectivity index is 1.58. The Morgan fingerprint density at radius 3 is 2.71 bits per heavy atom. The van der Waals surface area contributed by atoms with Gasteiger partial charge in [0, 0.05) is 13.1 Å².